The fourth-order valence-corrected chi connectivity index (χ4v) is 2.34. The van der Waals surface area contributed by atoms with E-state index in [1.54, 1.807) is 11.7 Å². The topological polar surface area (TPSA) is 56.1 Å². The maximum absolute atomic E-state index is 12.1. The predicted molar refractivity (Wildman–Crippen MR) is 68.9 cm³/mol. The number of ether oxygens (including phenoxy) is 1. The van der Waals surface area contributed by atoms with Crippen LogP contribution in [0.15, 0.2) is 0 Å². The first kappa shape index (κ1) is 13.4. The monoisotopic (exact) mass is 271 g/mol. The molecule has 6 heteroatoms. The maximum atomic E-state index is 12.1. The first-order valence-corrected chi connectivity index (χ1v) is 6.50. The first-order chi connectivity index (χ1) is 8.50. The summed E-state index contributed by atoms with van der Waals surface area (Å²) in [6.07, 6.45) is 2.13. The van der Waals surface area contributed by atoms with Crippen LogP contribution in [0.5, 0.6) is 0 Å². The molecule has 1 aliphatic rings. The predicted octanol–water partition coefficient (Wildman–Crippen LogP) is 1.68. The third-order valence-corrected chi connectivity index (χ3v) is 3.81. The molecule has 1 aromatic rings. The van der Waals surface area contributed by atoms with Gasteiger partial charge in [-0.05, 0) is 26.7 Å². The number of nitrogens with zero attached hydrogens (tertiary/aromatic N) is 2. The Morgan fingerprint density at radius 3 is 2.89 bits per heavy atom. The molecule has 0 radical (unpaired) electrons. The molecule has 100 valence electrons. The van der Waals surface area contributed by atoms with Crippen molar-refractivity contribution in [2.45, 2.75) is 38.8 Å². The molecule has 1 aromatic heterocycles. The van der Waals surface area contributed by atoms with E-state index in [1.165, 1.54) is 0 Å². The van der Waals surface area contributed by atoms with E-state index in [1.807, 2.05) is 13.8 Å². The fourth-order valence-electron chi connectivity index (χ4n) is 2.09. The van der Waals surface area contributed by atoms with Crippen molar-refractivity contribution in [1.82, 2.24) is 15.1 Å². The normalized spacial score (nSPS) is 21.0. The second-order valence-electron chi connectivity index (χ2n) is 4.69. The molecule has 1 fully saturated rings. The van der Waals surface area contributed by atoms with Crippen LogP contribution in [-0.4, -0.2) is 34.4 Å². The van der Waals surface area contributed by atoms with E-state index in [4.69, 9.17) is 16.3 Å². The Labute approximate surface area is 111 Å². The van der Waals surface area contributed by atoms with E-state index in [9.17, 15) is 4.79 Å². The summed E-state index contributed by atoms with van der Waals surface area (Å²) in [6, 6.07) is -0.0293. The summed E-state index contributed by atoms with van der Waals surface area (Å²) in [5.41, 5.74) is 1.06. The van der Waals surface area contributed by atoms with E-state index >= 15 is 0 Å². The van der Waals surface area contributed by atoms with E-state index < -0.39 is 0 Å². The van der Waals surface area contributed by atoms with Crippen molar-refractivity contribution in [2.75, 3.05) is 6.61 Å². The minimum absolute atomic E-state index is 0.0293. The van der Waals surface area contributed by atoms with Crippen molar-refractivity contribution in [3.63, 3.8) is 0 Å². The van der Waals surface area contributed by atoms with Crippen LogP contribution in [0.3, 0.4) is 0 Å². The molecule has 0 bridgehead atoms. The number of halogens is 1. The average Bonchev–Trinajstić information content (AvgIpc) is 2.94. The number of hydrogen-bond acceptors (Lipinski definition) is 3. The number of hydrogen-bond donors (Lipinski definition) is 1. The molecule has 2 heterocycles. The third-order valence-electron chi connectivity index (χ3n) is 3.36. The molecule has 2 atom stereocenters. The van der Waals surface area contributed by atoms with Crippen LogP contribution >= 0.6 is 11.6 Å². The van der Waals surface area contributed by atoms with Crippen molar-refractivity contribution in [1.29, 1.82) is 0 Å². The summed E-state index contributed by atoms with van der Waals surface area (Å²) in [7, 11) is 1.77. The Morgan fingerprint density at radius 2 is 2.39 bits per heavy atom. The van der Waals surface area contributed by atoms with Gasteiger partial charge in [-0.3, -0.25) is 9.48 Å². The Balaban J connectivity index is 2.04. The Hall–Kier alpha value is -1.07. The van der Waals surface area contributed by atoms with Crippen molar-refractivity contribution in [2.24, 2.45) is 7.05 Å². The van der Waals surface area contributed by atoms with Crippen molar-refractivity contribution in [3.05, 3.63) is 16.4 Å². The Kier molecular flexibility index (Phi) is 3.92. The van der Waals surface area contributed by atoms with E-state index in [-0.39, 0.29) is 23.7 Å². The van der Waals surface area contributed by atoms with Crippen LogP contribution in [0, 0.1) is 6.92 Å². The van der Waals surface area contributed by atoms with Crippen LogP contribution in [0.4, 0.5) is 0 Å². The van der Waals surface area contributed by atoms with Gasteiger partial charge in [0.05, 0.1) is 22.9 Å². The molecule has 5 nitrogen and oxygen atoms in total. The van der Waals surface area contributed by atoms with Gasteiger partial charge in [0.2, 0.25) is 0 Å². The average molecular weight is 272 g/mol. The summed E-state index contributed by atoms with van der Waals surface area (Å²) >= 11 is 6.08. The highest BCUT2D eigenvalue weighted by molar-refractivity contribution is 6.34. The zero-order valence-electron chi connectivity index (χ0n) is 10.9. The van der Waals surface area contributed by atoms with Crippen LogP contribution in [0.2, 0.25) is 5.02 Å². The number of amides is 1. The number of rotatable bonds is 3. The van der Waals surface area contributed by atoms with E-state index in [2.05, 4.69) is 10.4 Å². The zero-order valence-corrected chi connectivity index (χ0v) is 11.6. The van der Waals surface area contributed by atoms with E-state index in [0.717, 1.165) is 25.1 Å². The van der Waals surface area contributed by atoms with Crippen molar-refractivity contribution < 1.29 is 9.53 Å². The molecule has 1 N–H and O–H groups in total. The minimum atomic E-state index is -0.244. The quantitative estimate of drug-likeness (QED) is 0.910. The van der Waals surface area contributed by atoms with Crippen LogP contribution < -0.4 is 5.32 Å². The minimum Gasteiger partial charge on any atom is -0.376 e. The van der Waals surface area contributed by atoms with Gasteiger partial charge in [-0.2, -0.15) is 5.10 Å². The zero-order chi connectivity index (χ0) is 13.3. The molecule has 0 spiro atoms. The molecule has 0 unspecified atom stereocenters. The van der Waals surface area contributed by atoms with Gasteiger partial charge >= 0.3 is 0 Å². The number of aromatic nitrogens is 2. The maximum Gasteiger partial charge on any atom is 0.273 e. The van der Waals surface area contributed by atoms with Gasteiger partial charge < -0.3 is 10.1 Å². The molecule has 1 saturated heterocycles. The lowest BCUT2D eigenvalue weighted by Gasteiger charge is -2.19. The van der Waals surface area contributed by atoms with Crippen molar-refractivity contribution >= 4 is 17.5 Å². The molecule has 1 amide bonds. The molecular weight excluding hydrogens is 254 g/mol. The van der Waals surface area contributed by atoms with Gasteiger partial charge in [-0.15, -0.1) is 0 Å². The Bertz CT molecular complexity index is 452. The SMILES string of the molecule is Cc1c(Cl)c(C(=O)N[C@@H](C)[C@H]2CCCO2)nn1C. The van der Waals surface area contributed by atoms with Gasteiger partial charge in [0.25, 0.3) is 5.91 Å². The van der Waals surface area contributed by atoms with Crippen LogP contribution in [0.1, 0.15) is 35.9 Å². The molecule has 1 aliphatic heterocycles. The third kappa shape index (κ3) is 2.52. The van der Waals surface area contributed by atoms with Gasteiger partial charge in [0.15, 0.2) is 5.69 Å². The standard InChI is InChI=1S/C12H18ClN3O2/c1-7(9-5-4-6-18-9)14-12(17)11-10(13)8(2)16(3)15-11/h7,9H,4-6H2,1-3H3,(H,14,17)/t7-,9+/m0/s1. The summed E-state index contributed by atoms with van der Waals surface area (Å²) in [5, 5.41) is 7.43. The molecule has 0 saturated carbocycles. The highest BCUT2D eigenvalue weighted by Gasteiger charge is 2.26. The van der Waals surface area contributed by atoms with Gasteiger partial charge in [0.1, 0.15) is 0 Å². The lowest BCUT2D eigenvalue weighted by molar-refractivity contribution is 0.0709. The lowest BCUT2D eigenvalue weighted by atomic mass is 10.1. The highest BCUT2D eigenvalue weighted by Crippen LogP contribution is 2.20. The molecule has 0 aliphatic carbocycles. The number of carbonyl (C=O) groups excluding carboxylic acids is 1. The molecular formula is C12H18ClN3O2. The molecule has 2 rings (SSSR count). The summed E-state index contributed by atoms with van der Waals surface area (Å²) in [4.78, 5) is 12.1. The van der Waals surface area contributed by atoms with Crippen molar-refractivity contribution in [3.8, 4) is 0 Å². The second-order valence-corrected chi connectivity index (χ2v) is 5.06. The molecule has 0 aromatic carbocycles. The van der Waals surface area contributed by atoms with E-state index in [0.29, 0.717) is 5.02 Å². The van der Waals surface area contributed by atoms with Gasteiger partial charge in [-0.1, -0.05) is 11.6 Å². The second kappa shape index (κ2) is 5.28. The molecule has 18 heavy (non-hydrogen) atoms. The summed E-state index contributed by atoms with van der Waals surface area (Å²) in [6.45, 7) is 4.54. The fraction of sp³-hybridized carbons (Fsp3) is 0.667. The number of aryl methyl sites for hydroxylation is 1. The summed E-state index contributed by atoms with van der Waals surface area (Å²) in [5.74, 6) is -0.244. The first-order valence-electron chi connectivity index (χ1n) is 6.12. The lowest BCUT2D eigenvalue weighted by Crippen LogP contribution is -2.41. The van der Waals surface area contributed by atoms with Crippen LogP contribution in [0.25, 0.3) is 0 Å². The Morgan fingerprint density at radius 1 is 1.67 bits per heavy atom. The van der Waals surface area contributed by atoms with Crippen LogP contribution in [-0.2, 0) is 11.8 Å². The number of nitrogens with one attached hydrogen (secondary N) is 1. The smallest absolute Gasteiger partial charge is 0.273 e. The van der Waals surface area contributed by atoms with Gasteiger partial charge in [-0.25, -0.2) is 0 Å². The number of carbonyl (C=O) groups is 1. The summed E-state index contributed by atoms with van der Waals surface area (Å²) < 4.78 is 7.14. The van der Waals surface area contributed by atoms with Gasteiger partial charge in [0, 0.05) is 13.7 Å². The largest absolute Gasteiger partial charge is 0.376 e. The highest BCUT2D eigenvalue weighted by atomic mass is 35.5.